The number of hydrogen-bond donors (Lipinski definition) is 1. The van der Waals surface area contributed by atoms with Crippen LogP contribution in [0.4, 0.5) is 0 Å². The second kappa shape index (κ2) is 11.3. The van der Waals surface area contributed by atoms with Gasteiger partial charge >= 0.3 is 0 Å². The molecule has 2 aliphatic rings. The fourth-order valence-electron chi connectivity index (χ4n) is 4.75. The van der Waals surface area contributed by atoms with E-state index in [0.717, 1.165) is 5.56 Å². The van der Waals surface area contributed by atoms with Gasteiger partial charge in [0.15, 0.2) is 23.0 Å². The molecule has 0 bridgehead atoms. The molecule has 8 heteroatoms. The molecule has 1 saturated heterocycles. The van der Waals surface area contributed by atoms with Crippen LogP contribution in [0, 0.1) is 0 Å². The van der Waals surface area contributed by atoms with Crippen LogP contribution in [0.2, 0.25) is 0 Å². The van der Waals surface area contributed by atoms with Crippen molar-refractivity contribution in [1.29, 1.82) is 0 Å². The Morgan fingerprint density at radius 2 is 1.77 bits per heavy atom. The number of benzene rings is 3. The summed E-state index contributed by atoms with van der Waals surface area (Å²) in [5.74, 6) is 0.212. The van der Waals surface area contributed by atoms with Gasteiger partial charge in [0.25, 0.3) is 11.7 Å². The van der Waals surface area contributed by atoms with Crippen LogP contribution in [-0.4, -0.2) is 48.1 Å². The van der Waals surface area contributed by atoms with E-state index >= 15 is 0 Å². The van der Waals surface area contributed by atoms with Gasteiger partial charge in [-0.05, 0) is 48.4 Å². The van der Waals surface area contributed by atoms with Crippen molar-refractivity contribution in [3.05, 3.63) is 102 Å². The molecule has 0 aliphatic carbocycles. The van der Waals surface area contributed by atoms with Gasteiger partial charge in [0.05, 0.1) is 18.2 Å². The molecule has 3 aromatic rings. The summed E-state index contributed by atoms with van der Waals surface area (Å²) in [6.07, 6.45) is 1.63. The monoisotopic (exact) mass is 527 g/mol. The van der Waals surface area contributed by atoms with E-state index in [4.69, 9.17) is 18.9 Å². The Labute approximate surface area is 226 Å². The van der Waals surface area contributed by atoms with Crippen molar-refractivity contribution < 1.29 is 33.6 Å². The van der Waals surface area contributed by atoms with Gasteiger partial charge in [-0.15, -0.1) is 0 Å². The molecule has 0 radical (unpaired) electrons. The van der Waals surface area contributed by atoms with Crippen LogP contribution in [0.15, 0.2) is 85.0 Å². The predicted molar refractivity (Wildman–Crippen MR) is 145 cm³/mol. The van der Waals surface area contributed by atoms with Gasteiger partial charge in [-0.25, -0.2) is 0 Å². The van der Waals surface area contributed by atoms with Crippen LogP contribution in [0.5, 0.6) is 23.0 Å². The number of aliphatic hydroxyl groups excluding tert-OH is 1. The first-order valence-corrected chi connectivity index (χ1v) is 12.7. The minimum Gasteiger partial charge on any atom is -0.507 e. The van der Waals surface area contributed by atoms with Crippen molar-refractivity contribution in [3.63, 3.8) is 0 Å². The fourth-order valence-corrected chi connectivity index (χ4v) is 4.75. The summed E-state index contributed by atoms with van der Waals surface area (Å²) in [6.45, 7) is 7.19. The third-order valence-corrected chi connectivity index (χ3v) is 6.49. The number of rotatable bonds is 9. The Morgan fingerprint density at radius 3 is 2.51 bits per heavy atom. The van der Waals surface area contributed by atoms with Crippen molar-refractivity contribution in [3.8, 4) is 23.0 Å². The zero-order valence-electron chi connectivity index (χ0n) is 21.6. The highest BCUT2D eigenvalue weighted by molar-refractivity contribution is 6.46. The molecule has 1 N–H and O–H groups in total. The minimum atomic E-state index is -0.869. The summed E-state index contributed by atoms with van der Waals surface area (Å²) in [5, 5.41) is 11.5. The standard InChI is InChI=1S/C31H29NO7/c1-3-14-37-23-12-10-21(17-25(23)36-4-2)28-27(29(33)22-11-13-24-26(18-22)39-16-15-38-24)30(34)31(35)32(28)19-20-8-6-5-7-9-20/h3,5-13,17-18,28,33H,1,4,14-16,19H2,2H3/b29-27+/t28-/m0/s1. The van der Waals surface area contributed by atoms with Crippen LogP contribution in [0.25, 0.3) is 5.76 Å². The second-order valence-electron chi connectivity index (χ2n) is 9.01. The van der Waals surface area contributed by atoms with E-state index < -0.39 is 17.7 Å². The summed E-state index contributed by atoms with van der Waals surface area (Å²) in [6, 6.07) is 18.7. The molecule has 2 aliphatic heterocycles. The lowest BCUT2D eigenvalue weighted by Crippen LogP contribution is -2.29. The third-order valence-electron chi connectivity index (χ3n) is 6.49. The van der Waals surface area contributed by atoms with Gasteiger partial charge in [-0.2, -0.15) is 0 Å². The first kappa shape index (κ1) is 25.9. The zero-order chi connectivity index (χ0) is 27.4. The molecule has 1 fully saturated rings. The molecule has 0 aromatic heterocycles. The highest BCUT2D eigenvalue weighted by Crippen LogP contribution is 2.43. The van der Waals surface area contributed by atoms with Gasteiger partial charge < -0.3 is 29.0 Å². The topological polar surface area (TPSA) is 94.5 Å². The van der Waals surface area contributed by atoms with E-state index in [1.807, 2.05) is 37.3 Å². The third kappa shape index (κ3) is 5.18. The molecule has 8 nitrogen and oxygen atoms in total. The first-order chi connectivity index (χ1) is 19.0. The molecule has 5 rings (SSSR count). The van der Waals surface area contributed by atoms with E-state index in [0.29, 0.717) is 53.9 Å². The molecule has 0 spiro atoms. The molecule has 3 aromatic carbocycles. The van der Waals surface area contributed by atoms with Crippen molar-refractivity contribution in [2.75, 3.05) is 26.4 Å². The number of aliphatic hydroxyl groups is 1. The van der Waals surface area contributed by atoms with Crippen LogP contribution in [0.3, 0.4) is 0 Å². The number of carbonyl (C=O) groups is 2. The van der Waals surface area contributed by atoms with Crippen molar-refractivity contribution in [2.45, 2.75) is 19.5 Å². The number of nitrogens with zero attached hydrogens (tertiary/aromatic N) is 1. The number of amides is 1. The maximum Gasteiger partial charge on any atom is 0.295 e. The van der Waals surface area contributed by atoms with Gasteiger partial charge in [-0.3, -0.25) is 9.59 Å². The van der Waals surface area contributed by atoms with Gasteiger partial charge in [0.2, 0.25) is 0 Å². The highest BCUT2D eigenvalue weighted by atomic mass is 16.6. The van der Waals surface area contributed by atoms with Crippen molar-refractivity contribution in [2.24, 2.45) is 0 Å². The Balaban J connectivity index is 1.64. The lowest BCUT2D eigenvalue weighted by atomic mass is 9.94. The number of likely N-dealkylation sites (tertiary alicyclic amines) is 1. The second-order valence-corrected chi connectivity index (χ2v) is 9.01. The Bertz CT molecular complexity index is 1430. The van der Waals surface area contributed by atoms with Crippen molar-refractivity contribution in [1.82, 2.24) is 4.90 Å². The van der Waals surface area contributed by atoms with Crippen LogP contribution in [0.1, 0.15) is 29.7 Å². The highest BCUT2D eigenvalue weighted by Gasteiger charge is 2.46. The van der Waals surface area contributed by atoms with Crippen LogP contribution in [-0.2, 0) is 16.1 Å². The van der Waals surface area contributed by atoms with Gasteiger partial charge in [0, 0.05) is 12.1 Å². The van der Waals surface area contributed by atoms with Crippen molar-refractivity contribution >= 4 is 17.4 Å². The number of hydrogen-bond acceptors (Lipinski definition) is 7. The molecule has 200 valence electrons. The number of carbonyl (C=O) groups excluding carboxylic acids is 2. The molecular formula is C31H29NO7. The summed E-state index contributed by atoms with van der Waals surface area (Å²) >= 11 is 0. The number of fused-ring (bicyclic) bond motifs is 1. The van der Waals surface area contributed by atoms with E-state index in [9.17, 15) is 14.7 Å². The molecule has 1 atom stereocenters. The average Bonchev–Trinajstić information content (AvgIpc) is 3.21. The molecule has 2 heterocycles. The zero-order valence-corrected chi connectivity index (χ0v) is 21.6. The first-order valence-electron chi connectivity index (χ1n) is 12.7. The number of ether oxygens (including phenoxy) is 4. The largest absolute Gasteiger partial charge is 0.507 e. The Kier molecular flexibility index (Phi) is 7.54. The lowest BCUT2D eigenvalue weighted by Gasteiger charge is -2.26. The fraction of sp³-hybridized carbons (Fsp3) is 0.226. The Morgan fingerprint density at radius 1 is 1.00 bits per heavy atom. The molecule has 0 unspecified atom stereocenters. The lowest BCUT2D eigenvalue weighted by molar-refractivity contribution is -0.140. The summed E-state index contributed by atoms with van der Waals surface area (Å²) in [7, 11) is 0. The quantitative estimate of drug-likeness (QED) is 0.180. The number of Topliss-reactive ketones (excluding diaryl/α,β-unsaturated/α-hetero) is 1. The van der Waals surface area contributed by atoms with E-state index in [1.54, 1.807) is 42.5 Å². The molecular weight excluding hydrogens is 498 g/mol. The van der Waals surface area contributed by atoms with E-state index in [-0.39, 0.29) is 24.5 Å². The maximum absolute atomic E-state index is 13.5. The minimum absolute atomic E-state index is 0.0187. The van der Waals surface area contributed by atoms with Gasteiger partial charge in [0.1, 0.15) is 25.6 Å². The maximum atomic E-state index is 13.5. The number of ketones is 1. The molecule has 0 saturated carbocycles. The van der Waals surface area contributed by atoms with Crippen LogP contribution >= 0.6 is 0 Å². The van der Waals surface area contributed by atoms with Crippen LogP contribution < -0.4 is 18.9 Å². The Hall–Kier alpha value is -4.72. The summed E-state index contributed by atoms with van der Waals surface area (Å²) < 4.78 is 22.8. The van der Waals surface area contributed by atoms with E-state index in [2.05, 4.69) is 6.58 Å². The summed E-state index contributed by atoms with van der Waals surface area (Å²) in [4.78, 5) is 28.4. The molecule has 1 amide bonds. The molecule has 39 heavy (non-hydrogen) atoms. The average molecular weight is 528 g/mol. The smallest absolute Gasteiger partial charge is 0.295 e. The van der Waals surface area contributed by atoms with E-state index in [1.165, 1.54) is 4.90 Å². The van der Waals surface area contributed by atoms with Gasteiger partial charge in [-0.1, -0.05) is 49.1 Å². The predicted octanol–water partition coefficient (Wildman–Crippen LogP) is 5.04. The SMILES string of the molecule is C=CCOc1ccc([C@H]2/C(=C(\O)c3ccc4c(c3)OCCO4)C(=O)C(=O)N2Cc2ccccc2)cc1OCC. The summed E-state index contributed by atoms with van der Waals surface area (Å²) in [5.41, 5.74) is 1.77. The normalized spacial score (nSPS) is 17.7.